The molecule has 0 saturated heterocycles. The second kappa shape index (κ2) is 12.6. The van der Waals surface area contributed by atoms with Crippen molar-refractivity contribution in [2.45, 2.75) is 66.2 Å². The SMILES string of the molecule is CCCCCCNC(=NCC(C)c1c(C)noc1C)NCC.I. The summed E-state index contributed by atoms with van der Waals surface area (Å²) in [6.07, 6.45) is 5.04. The van der Waals surface area contributed by atoms with Gasteiger partial charge in [0.05, 0.1) is 5.69 Å². The minimum atomic E-state index is 0. The molecule has 0 aliphatic rings. The van der Waals surface area contributed by atoms with Crippen molar-refractivity contribution in [3.05, 3.63) is 17.0 Å². The van der Waals surface area contributed by atoms with Crippen LogP contribution in [0, 0.1) is 13.8 Å². The number of rotatable bonds is 9. The molecule has 2 N–H and O–H groups in total. The van der Waals surface area contributed by atoms with Crippen LogP contribution >= 0.6 is 24.0 Å². The molecule has 6 heteroatoms. The van der Waals surface area contributed by atoms with Gasteiger partial charge in [-0.2, -0.15) is 0 Å². The Morgan fingerprint density at radius 2 is 1.91 bits per heavy atom. The van der Waals surface area contributed by atoms with Crippen molar-refractivity contribution in [2.75, 3.05) is 19.6 Å². The summed E-state index contributed by atoms with van der Waals surface area (Å²) < 4.78 is 5.24. The highest BCUT2D eigenvalue weighted by atomic mass is 127. The first kappa shape index (κ1) is 22.2. The van der Waals surface area contributed by atoms with E-state index in [0.29, 0.717) is 5.92 Å². The van der Waals surface area contributed by atoms with E-state index in [1.165, 1.54) is 31.2 Å². The van der Waals surface area contributed by atoms with E-state index in [9.17, 15) is 0 Å². The number of aryl methyl sites for hydroxylation is 2. The van der Waals surface area contributed by atoms with Gasteiger partial charge in [-0.1, -0.05) is 38.3 Å². The Morgan fingerprint density at radius 1 is 1.17 bits per heavy atom. The van der Waals surface area contributed by atoms with Gasteiger partial charge in [0.2, 0.25) is 0 Å². The van der Waals surface area contributed by atoms with Crippen molar-refractivity contribution in [2.24, 2.45) is 4.99 Å². The van der Waals surface area contributed by atoms with Crippen molar-refractivity contribution in [1.82, 2.24) is 15.8 Å². The lowest BCUT2D eigenvalue weighted by molar-refractivity contribution is 0.391. The lowest BCUT2D eigenvalue weighted by Crippen LogP contribution is -2.38. The van der Waals surface area contributed by atoms with Gasteiger partial charge in [0, 0.05) is 31.1 Å². The Bertz CT molecular complexity index is 440. The lowest BCUT2D eigenvalue weighted by Gasteiger charge is -2.13. The fourth-order valence-electron chi connectivity index (χ4n) is 2.61. The zero-order valence-electron chi connectivity index (χ0n) is 15.2. The molecule has 1 unspecified atom stereocenters. The molecule has 134 valence electrons. The summed E-state index contributed by atoms with van der Waals surface area (Å²) in [5.41, 5.74) is 2.15. The van der Waals surface area contributed by atoms with Crippen LogP contribution in [0.1, 0.15) is 69.4 Å². The van der Waals surface area contributed by atoms with Gasteiger partial charge in [0.25, 0.3) is 0 Å². The Labute approximate surface area is 158 Å². The minimum Gasteiger partial charge on any atom is -0.361 e. The van der Waals surface area contributed by atoms with Crippen molar-refractivity contribution >= 4 is 29.9 Å². The first-order valence-corrected chi connectivity index (χ1v) is 8.55. The molecule has 0 saturated carbocycles. The summed E-state index contributed by atoms with van der Waals surface area (Å²) in [6.45, 7) is 13.0. The number of nitrogens with zero attached hydrogens (tertiary/aromatic N) is 2. The summed E-state index contributed by atoms with van der Waals surface area (Å²) in [5.74, 6) is 2.11. The molecular weight excluding hydrogens is 403 g/mol. The first-order chi connectivity index (χ1) is 10.6. The van der Waals surface area contributed by atoms with E-state index in [0.717, 1.165) is 37.0 Å². The Hall–Kier alpha value is -0.790. The van der Waals surface area contributed by atoms with Crippen molar-refractivity contribution in [3.63, 3.8) is 0 Å². The predicted molar refractivity (Wildman–Crippen MR) is 108 cm³/mol. The van der Waals surface area contributed by atoms with Crippen molar-refractivity contribution in [1.29, 1.82) is 0 Å². The van der Waals surface area contributed by atoms with E-state index in [1.807, 2.05) is 13.8 Å². The number of unbranched alkanes of at least 4 members (excludes halogenated alkanes) is 3. The quantitative estimate of drug-likeness (QED) is 0.264. The second-order valence-electron chi connectivity index (χ2n) is 5.85. The van der Waals surface area contributed by atoms with E-state index < -0.39 is 0 Å². The normalized spacial score (nSPS) is 12.7. The van der Waals surface area contributed by atoms with Crippen LogP contribution in [-0.2, 0) is 0 Å². The molecule has 0 bridgehead atoms. The maximum atomic E-state index is 5.24. The summed E-state index contributed by atoms with van der Waals surface area (Å²) in [6, 6.07) is 0. The standard InChI is InChI=1S/C17H32N4O.HI/c1-6-8-9-10-11-19-17(18-7-2)20-12-13(3)16-14(4)21-22-15(16)5;/h13H,6-12H2,1-5H3,(H2,18,19,20);1H. The highest BCUT2D eigenvalue weighted by Gasteiger charge is 2.16. The molecule has 0 radical (unpaired) electrons. The molecule has 5 nitrogen and oxygen atoms in total. The predicted octanol–water partition coefficient (Wildman–Crippen LogP) is 4.15. The van der Waals surface area contributed by atoms with Gasteiger partial charge in [-0.15, -0.1) is 24.0 Å². The zero-order chi connectivity index (χ0) is 16.4. The van der Waals surface area contributed by atoms with Crippen molar-refractivity contribution < 1.29 is 4.52 Å². The highest BCUT2D eigenvalue weighted by molar-refractivity contribution is 14.0. The molecular formula is C17H33IN4O. The average molecular weight is 436 g/mol. The molecule has 0 aromatic carbocycles. The number of hydrogen-bond acceptors (Lipinski definition) is 3. The molecule has 1 aromatic rings. The molecule has 0 fully saturated rings. The van der Waals surface area contributed by atoms with Crippen LogP contribution in [0.3, 0.4) is 0 Å². The van der Waals surface area contributed by atoms with Gasteiger partial charge in [-0.25, -0.2) is 0 Å². The number of aromatic nitrogens is 1. The molecule has 0 aliphatic carbocycles. The van der Waals surface area contributed by atoms with Gasteiger partial charge in [-0.3, -0.25) is 4.99 Å². The molecule has 0 aliphatic heterocycles. The fourth-order valence-corrected chi connectivity index (χ4v) is 2.61. The zero-order valence-corrected chi connectivity index (χ0v) is 17.6. The average Bonchev–Trinajstić information content (AvgIpc) is 2.83. The molecule has 1 rings (SSSR count). The Kier molecular flexibility index (Phi) is 12.2. The highest BCUT2D eigenvalue weighted by Crippen LogP contribution is 2.23. The largest absolute Gasteiger partial charge is 0.361 e. The van der Waals surface area contributed by atoms with Gasteiger partial charge in [-0.05, 0) is 27.2 Å². The third-order valence-corrected chi connectivity index (χ3v) is 3.77. The van der Waals surface area contributed by atoms with Crippen molar-refractivity contribution in [3.8, 4) is 0 Å². The Balaban J connectivity index is 0.00000484. The maximum Gasteiger partial charge on any atom is 0.191 e. The van der Waals surface area contributed by atoms with Crippen LogP contribution in [0.5, 0.6) is 0 Å². The second-order valence-corrected chi connectivity index (χ2v) is 5.85. The summed E-state index contributed by atoms with van der Waals surface area (Å²) in [7, 11) is 0. The third-order valence-electron chi connectivity index (χ3n) is 3.77. The number of halogens is 1. The minimum absolute atomic E-state index is 0. The van der Waals surface area contributed by atoms with Gasteiger partial charge in [0.15, 0.2) is 5.96 Å². The summed E-state index contributed by atoms with van der Waals surface area (Å²) >= 11 is 0. The van der Waals surface area contributed by atoms with Crippen LogP contribution in [0.2, 0.25) is 0 Å². The van der Waals surface area contributed by atoms with Gasteiger partial charge in [0.1, 0.15) is 5.76 Å². The molecule has 1 heterocycles. The van der Waals surface area contributed by atoms with Crippen LogP contribution in [0.25, 0.3) is 0 Å². The molecule has 1 atom stereocenters. The maximum absolute atomic E-state index is 5.24. The summed E-state index contributed by atoms with van der Waals surface area (Å²) in [5, 5.41) is 10.7. The fraction of sp³-hybridized carbons (Fsp3) is 0.765. The number of guanidine groups is 1. The van der Waals surface area contributed by atoms with E-state index in [1.54, 1.807) is 0 Å². The third kappa shape index (κ3) is 8.04. The van der Waals surface area contributed by atoms with Crippen LogP contribution in [0.15, 0.2) is 9.52 Å². The number of nitrogens with one attached hydrogen (secondary N) is 2. The van der Waals surface area contributed by atoms with E-state index >= 15 is 0 Å². The van der Waals surface area contributed by atoms with E-state index in [4.69, 9.17) is 9.52 Å². The molecule has 0 spiro atoms. The van der Waals surface area contributed by atoms with E-state index in [2.05, 4.69) is 36.6 Å². The topological polar surface area (TPSA) is 62.5 Å². The monoisotopic (exact) mass is 436 g/mol. The number of hydrogen-bond donors (Lipinski definition) is 2. The lowest BCUT2D eigenvalue weighted by atomic mass is 10.00. The van der Waals surface area contributed by atoms with Crippen LogP contribution < -0.4 is 10.6 Å². The first-order valence-electron chi connectivity index (χ1n) is 8.55. The summed E-state index contributed by atoms with van der Waals surface area (Å²) in [4.78, 5) is 4.69. The molecule has 1 aromatic heterocycles. The van der Waals surface area contributed by atoms with Crippen LogP contribution in [-0.4, -0.2) is 30.8 Å². The molecule has 0 amide bonds. The Morgan fingerprint density at radius 3 is 2.48 bits per heavy atom. The number of aliphatic imine (C=N–C) groups is 1. The van der Waals surface area contributed by atoms with E-state index in [-0.39, 0.29) is 24.0 Å². The van der Waals surface area contributed by atoms with Gasteiger partial charge >= 0.3 is 0 Å². The van der Waals surface area contributed by atoms with Crippen LogP contribution in [0.4, 0.5) is 0 Å². The molecule has 23 heavy (non-hydrogen) atoms. The van der Waals surface area contributed by atoms with Gasteiger partial charge < -0.3 is 15.2 Å². The smallest absolute Gasteiger partial charge is 0.191 e.